The molecule has 1 atom stereocenters. The van der Waals surface area contributed by atoms with Gasteiger partial charge in [-0.05, 0) is 31.9 Å². The van der Waals surface area contributed by atoms with Gasteiger partial charge in [-0.25, -0.2) is 0 Å². The quantitative estimate of drug-likeness (QED) is 0.709. The van der Waals surface area contributed by atoms with Crippen molar-refractivity contribution in [2.45, 2.75) is 32.4 Å². The number of hydrogen-bond acceptors (Lipinski definition) is 5. The molecule has 0 spiro atoms. The van der Waals surface area contributed by atoms with Crippen LogP contribution in [-0.2, 0) is 17.7 Å². The number of aryl methyl sites for hydroxylation is 2. The number of fused-ring (bicyclic) bond motifs is 1. The van der Waals surface area contributed by atoms with Crippen LogP contribution in [0, 0.1) is 6.92 Å². The van der Waals surface area contributed by atoms with E-state index in [1.54, 1.807) is 12.4 Å². The average Bonchev–Trinajstić information content (AvgIpc) is 2.68. The van der Waals surface area contributed by atoms with Gasteiger partial charge in [-0.1, -0.05) is 24.3 Å². The molecule has 0 aliphatic carbocycles. The van der Waals surface area contributed by atoms with Gasteiger partial charge in [0.25, 0.3) is 0 Å². The van der Waals surface area contributed by atoms with E-state index in [0.717, 1.165) is 61.7 Å². The molecule has 0 saturated carbocycles. The van der Waals surface area contributed by atoms with Gasteiger partial charge in [0.15, 0.2) is 0 Å². The van der Waals surface area contributed by atoms with Gasteiger partial charge in [0.2, 0.25) is 0 Å². The van der Waals surface area contributed by atoms with E-state index in [0.29, 0.717) is 6.04 Å². The van der Waals surface area contributed by atoms with Crippen LogP contribution in [0.5, 0.6) is 0 Å². The first kappa shape index (κ1) is 17.1. The van der Waals surface area contributed by atoms with Crippen molar-refractivity contribution in [1.29, 1.82) is 0 Å². The summed E-state index contributed by atoms with van der Waals surface area (Å²) in [6.45, 7) is 5.38. The molecule has 1 aliphatic heterocycles. The van der Waals surface area contributed by atoms with E-state index >= 15 is 0 Å². The zero-order valence-corrected chi connectivity index (χ0v) is 15.1. The molecule has 5 nitrogen and oxygen atoms in total. The Kier molecular flexibility index (Phi) is 5.18. The fourth-order valence-electron chi connectivity index (χ4n) is 3.55. The molecule has 0 amide bonds. The van der Waals surface area contributed by atoms with E-state index in [-0.39, 0.29) is 0 Å². The number of pyridine rings is 1. The van der Waals surface area contributed by atoms with Gasteiger partial charge in [0, 0.05) is 36.9 Å². The van der Waals surface area contributed by atoms with Gasteiger partial charge in [0.1, 0.15) is 0 Å². The van der Waals surface area contributed by atoms with E-state index in [4.69, 9.17) is 9.72 Å². The Hall–Kier alpha value is -2.37. The summed E-state index contributed by atoms with van der Waals surface area (Å²) in [7, 11) is 0. The highest BCUT2D eigenvalue weighted by Gasteiger charge is 2.23. The van der Waals surface area contributed by atoms with Crippen molar-refractivity contribution in [3.05, 3.63) is 65.9 Å². The van der Waals surface area contributed by atoms with Crippen LogP contribution in [0.15, 0.2) is 48.8 Å². The zero-order chi connectivity index (χ0) is 17.8. The first-order valence-electron chi connectivity index (χ1n) is 9.22. The molecule has 3 aromatic rings. The monoisotopic (exact) mass is 348 g/mol. The second-order valence-electron chi connectivity index (χ2n) is 6.82. The molecule has 1 aromatic carbocycles. The smallest absolute Gasteiger partial charge is 0.0705 e. The van der Waals surface area contributed by atoms with Crippen LogP contribution in [-0.4, -0.2) is 45.7 Å². The summed E-state index contributed by atoms with van der Waals surface area (Å²) >= 11 is 0. The minimum Gasteiger partial charge on any atom is -0.378 e. The van der Waals surface area contributed by atoms with E-state index < -0.39 is 0 Å². The lowest BCUT2D eigenvalue weighted by atomic mass is 10.1. The van der Waals surface area contributed by atoms with Crippen LogP contribution in [0.25, 0.3) is 10.9 Å². The van der Waals surface area contributed by atoms with Gasteiger partial charge in [-0.2, -0.15) is 0 Å². The Labute approximate surface area is 154 Å². The van der Waals surface area contributed by atoms with Crippen LogP contribution in [0.3, 0.4) is 0 Å². The molecule has 1 aliphatic rings. The van der Waals surface area contributed by atoms with Gasteiger partial charge in [-0.15, -0.1) is 0 Å². The Morgan fingerprint density at radius 3 is 2.92 bits per heavy atom. The lowest BCUT2D eigenvalue weighted by Gasteiger charge is -2.35. The van der Waals surface area contributed by atoms with E-state index in [1.807, 2.05) is 13.0 Å². The van der Waals surface area contributed by atoms with E-state index in [1.165, 1.54) is 5.39 Å². The number of para-hydroxylation sites is 1. The third-order valence-electron chi connectivity index (χ3n) is 5.07. The molecule has 0 unspecified atom stereocenters. The Bertz CT molecular complexity index is 883. The fraction of sp³-hybridized carbons (Fsp3) is 0.381. The van der Waals surface area contributed by atoms with E-state index in [9.17, 15) is 0 Å². The number of morpholine rings is 1. The van der Waals surface area contributed by atoms with Gasteiger partial charge >= 0.3 is 0 Å². The molecule has 0 N–H and O–H groups in total. The molecule has 5 heteroatoms. The van der Waals surface area contributed by atoms with E-state index in [2.05, 4.69) is 45.2 Å². The van der Waals surface area contributed by atoms with Crippen LogP contribution in [0.1, 0.15) is 23.5 Å². The molecule has 1 saturated heterocycles. The third-order valence-corrected chi connectivity index (χ3v) is 5.07. The van der Waals surface area contributed by atoms with Crippen LogP contribution >= 0.6 is 0 Å². The molecular formula is C21H24N4O. The number of benzene rings is 1. The molecule has 134 valence electrons. The fourth-order valence-corrected chi connectivity index (χ4v) is 3.55. The summed E-state index contributed by atoms with van der Waals surface area (Å²) in [5.74, 6) is 0. The van der Waals surface area contributed by atoms with Crippen molar-refractivity contribution in [2.75, 3.05) is 19.8 Å². The van der Waals surface area contributed by atoms with Crippen molar-refractivity contribution < 1.29 is 4.74 Å². The van der Waals surface area contributed by atoms with Crippen LogP contribution in [0.2, 0.25) is 0 Å². The van der Waals surface area contributed by atoms with Crippen molar-refractivity contribution >= 4 is 10.9 Å². The van der Waals surface area contributed by atoms with Crippen LogP contribution in [0.4, 0.5) is 0 Å². The number of nitrogens with zero attached hydrogens (tertiary/aromatic N) is 4. The molecule has 4 rings (SSSR count). The lowest BCUT2D eigenvalue weighted by Crippen LogP contribution is -2.45. The third kappa shape index (κ3) is 3.89. The maximum atomic E-state index is 5.74. The topological polar surface area (TPSA) is 51.1 Å². The van der Waals surface area contributed by atoms with Crippen molar-refractivity contribution in [1.82, 2.24) is 19.9 Å². The Morgan fingerprint density at radius 2 is 2.00 bits per heavy atom. The number of rotatable bonds is 5. The predicted molar refractivity (Wildman–Crippen MR) is 102 cm³/mol. The standard InChI is InChI=1S/C21H24N4O/c1-16-20(23-11-10-22-16)9-8-19-15-26-13-12-25(19)14-18-7-6-17-4-2-3-5-21(17)24-18/h2-7,10-11,19H,8-9,12-15H2,1H3/t19-/m0/s1. The summed E-state index contributed by atoms with van der Waals surface area (Å²) in [5.41, 5.74) is 4.28. The Morgan fingerprint density at radius 1 is 1.12 bits per heavy atom. The number of hydrogen-bond donors (Lipinski definition) is 0. The summed E-state index contributed by atoms with van der Waals surface area (Å²) in [4.78, 5) is 16.1. The molecule has 0 bridgehead atoms. The van der Waals surface area contributed by atoms with Crippen molar-refractivity contribution in [2.24, 2.45) is 0 Å². The van der Waals surface area contributed by atoms with Gasteiger partial charge in [0.05, 0.1) is 35.8 Å². The normalized spacial score (nSPS) is 18.3. The highest BCUT2D eigenvalue weighted by atomic mass is 16.5. The lowest BCUT2D eigenvalue weighted by molar-refractivity contribution is -0.0149. The molecular weight excluding hydrogens is 324 g/mol. The molecule has 1 fully saturated rings. The summed E-state index contributed by atoms with van der Waals surface area (Å²) in [6, 6.07) is 13.0. The SMILES string of the molecule is Cc1nccnc1CC[C@H]1COCCN1Cc1ccc2ccccc2n1. The minimum atomic E-state index is 0.387. The first-order valence-corrected chi connectivity index (χ1v) is 9.22. The zero-order valence-electron chi connectivity index (χ0n) is 15.1. The largest absolute Gasteiger partial charge is 0.378 e. The van der Waals surface area contributed by atoms with Crippen LogP contribution < -0.4 is 0 Å². The highest BCUT2D eigenvalue weighted by molar-refractivity contribution is 5.78. The predicted octanol–water partition coefficient (Wildman–Crippen LogP) is 3.17. The van der Waals surface area contributed by atoms with Gasteiger partial charge in [-0.3, -0.25) is 19.9 Å². The second kappa shape index (κ2) is 7.89. The molecule has 26 heavy (non-hydrogen) atoms. The van der Waals surface area contributed by atoms with Crippen molar-refractivity contribution in [3.63, 3.8) is 0 Å². The second-order valence-corrected chi connectivity index (χ2v) is 6.82. The molecule has 0 radical (unpaired) electrons. The molecule has 3 heterocycles. The first-order chi connectivity index (χ1) is 12.8. The molecule has 2 aromatic heterocycles. The summed E-state index contributed by atoms with van der Waals surface area (Å²) in [5, 5.41) is 1.19. The maximum absolute atomic E-state index is 5.74. The number of aromatic nitrogens is 3. The van der Waals surface area contributed by atoms with Crippen molar-refractivity contribution in [3.8, 4) is 0 Å². The minimum absolute atomic E-state index is 0.387. The average molecular weight is 348 g/mol. The summed E-state index contributed by atoms with van der Waals surface area (Å²) in [6.07, 6.45) is 5.47. The maximum Gasteiger partial charge on any atom is 0.0705 e. The number of ether oxygens (including phenoxy) is 1. The Balaban J connectivity index is 1.45. The summed E-state index contributed by atoms with van der Waals surface area (Å²) < 4.78 is 5.74. The highest BCUT2D eigenvalue weighted by Crippen LogP contribution is 2.18. The van der Waals surface area contributed by atoms with Gasteiger partial charge < -0.3 is 4.74 Å².